The zero-order chi connectivity index (χ0) is 11.4. The van der Waals surface area contributed by atoms with E-state index in [1.807, 2.05) is 4.98 Å². The van der Waals surface area contributed by atoms with Gasteiger partial charge in [-0.2, -0.15) is 0 Å². The summed E-state index contributed by atoms with van der Waals surface area (Å²) in [5.74, 6) is -1.30. The van der Waals surface area contributed by atoms with Gasteiger partial charge in [0.1, 0.15) is 6.54 Å². The number of hydrogen-bond acceptors (Lipinski definition) is 5. The van der Waals surface area contributed by atoms with Crippen LogP contribution in [0, 0.1) is 6.92 Å². The molecule has 0 saturated heterocycles. The van der Waals surface area contributed by atoms with Crippen molar-refractivity contribution in [3.63, 3.8) is 0 Å². The second-order valence-electron chi connectivity index (χ2n) is 2.68. The Morgan fingerprint density at radius 2 is 2.13 bits per heavy atom. The minimum absolute atomic E-state index is 0.171. The minimum Gasteiger partial charge on any atom is -0.480 e. The van der Waals surface area contributed by atoms with Crippen LogP contribution in [0.1, 0.15) is 5.69 Å². The number of nitrogens with one attached hydrogen (secondary N) is 3. The second kappa shape index (κ2) is 4.42. The lowest BCUT2D eigenvalue weighted by Gasteiger charge is -2.05. The Bertz CT molecular complexity index is 474. The predicted molar refractivity (Wildman–Crippen MR) is 48.7 cm³/mol. The molecule has 0 amide bonds. The molecule has 0 aromatic carbocycles. The molecule has 1 aromatic heterocycles. The predicted octanol–water partition coefficient (Wildman–Crippen LogP) is -1.66. The number of H-pyrrole nitrogens is 2. The van der Waals surface area contributed by atoms with E-state index in [2.05, 4.69) is 15.3 Å². The number of aromatic nitrogens is 2. The number of carboxylic acid groups (broad SMARTS) is 1. The van der Waals surface area contributed by atoms with Gasteiger partial charge in [-0.25, -0.2) is 4.79 Å². The van der Waals surface area contributed by atoms with Crippen LogP contribution in [-0.2, 0) is 4.79 Å². The van der Waals surface area contributed by atoms with Crippen LogP contribution in [0.25, 0.3) is 0 Å². The van der Waals surface area contributed by atoms with Crippen molar-refractivity contribution in [2.24, 2.45) is 0 Å². The first-order valence-electron chi connectivity index (χ1n) is 3.95. The third kappa shape index (κ3) is 2.95. The number of carbonyl (C=O) groups is 1. The van der Waals surface area contributed by atoms with E-state index in [1.165, 1.54) is 6.92 Å². The maximum atomic E-state index is 11.1. The molecule has 82 valence electrons. The smallest absolute Gasteiger partial charge is 0.326 e. The first kappa shape index (κ1) is 11.0. The normalized spacial score (nSPS) is 9.93. The Balaban J connectivity index is 2.82. The van der Waals surface area contributed by atoms with Crippen molar-refractivity contribution < 1.29 is 14.7 Å². The van der Waals surface area contributed by atoms with Crippen molar-refractivity contribution in [2.75, 3.05) is 6.54 Å². The standard InChI is InChI=1S/C7H9N3O5/c1-3-5(15-8-2-4(11)12)6(13)10-7(14)9-3/h8H,2H2,1H3,(H,11,12)(H2,9,10,13,14). The van der Waals surface area contributed by atoms with Crippen LogP contribution in [0.5, 0.6) is 5.75 Å². The highest BCUT2D eigenvalue weighted by Crippen LogP contribution is 2.02. The van der Waals surface area contributed by atoms with Gasteiger partial charge < -0.3 is 14.9 Å². The van der Waals surface area contributed by atoms with Crippen LogP contribution in [0.2, 0.25) is 0 Å². The molecule has 1 heterocycles. The molecule has 0 saturated carbocycles. The molecule has 0 aliphatic carbocycles. The molecule has 0 radical (unpaired) electrons. The molecule has 0 atom stereocenters. The molecule has 0 bridgehead atoms. The fraction of sp³-hybridized carbons (Fsp3) is 0.286. The largest absolute Gasteiger partial charge is 0.480 e. The Labute approximate surface area is 82.9 Å². The summed E-state index contributed by atoms with van der Waals surface area (Å²) in [5.41, 5.74) is 0.893. The zero-order valence-electron chi connectivity index (χ0n) is 7.79. The van der Waals surface area contributed by atoms with Gasteiger partial charge in [0, 0.05) is 0 Å². The molecule has 0 fully saturated rings. The van der Waals surface area contributed by atoms with E-state index in [9.17, 15) is 14.4 Å². The maximum absolute atomic E-state index is 11.1. The summed E-state index contributed by atoms with van der Waals surface area (Å²) in [4.78, 5) is 41.0. The van der Waals surface area contributed by atoms with E-state index in [4.69, 9.17) is 5.11 Å². The number of hydroxylamine groups is 1. The Morgan fingerprint density at radius 1 is 1.47 bits per heavy atom. The number of hydrogen-bond donors (Lipinski definition) is 4. The quantitative estimate of drug-likeness (QED) is 0.445. The van der Waals surface area contributed by atoms with Crippen molar-refractivity contribution in [1.82, 2.24) is 15.4 Å². The molecular weight excluding hydrogens is 206 g/mol. The summed E-state index contributed by atoms with van der Waals surface area (Å²) < 4.78 is 0. The number of aryl methyl sites for hydroxylation is 1. The van der Waals surface area contributed by atoms with Crippen molar-refractivity contribution in [3.05, 3.63) is 26.5 Å². The first-order valence-corrected chi connectivity index (χ1v) is 3.95. The Morgan fingerprint density at radius 3 is 2.67 bits per heavy atom. The van der Waals surface area contributed by atoms with Gasteiger partial charge in [0.25, 0.3) is 5.56 Å². The highest BCUT2D eigenvalue weighted by Gasteiger charge is 2.07. The fourth-order valence-corrected chi connectivity index (χ4v) is 0.881. The summed E-state index contributed by atoms with van der Waals surface area (Å²) in [5, 5.41) is 8.29. The van der Waals surface area contributed by atoms with E-state index >= 15 is 0 Å². The van der Waals surface area contributed by atoms with E-state index in [-0.39, 0.29) is 11.4 Å². The van der Waals surface area contributed by atoms with Gasteiger partial charge in [-0.1, -0.05) is 0 Å². The van der Waals surface area contributed by atoms with Crippen LogP contribution in [0.15, 0.2) is 9.59 Å². The molecule has 4 N–H and O–H groups in total. The van der Waals surface area contributed by atoms with Crippen LogP contribution in [0.4, 0.5) is 0 Å². The topological polar surface area (TPSA) is 124 Å². The average Bonchev–Trinajstić information content (AvgIpc) is 2.08. The first-order chi connectivity index (χ1) is 7.00. The van der Waals surface area contributed by atoms with Gasteiger partial charge in [0.05, 0.1) is 5.69 Å². The number of rotatable bonds is 4. The summed E-state index contributed by atoms with van der Waals surface area (Å²) >= 11 is 0. The van der Waals surface area contributed by atoms with Gasteiger partial charge in [0.15, 0.2) is 0 Å². The van der Waals surface area contributed by atoms with Crippen LogP contribution < -0.4 is 21.6 Å². The van der Waals surface area contributed by atoms with Gasteiger partial charge in [-0.05, 0) is 6.92 Å². The molecule has 0 aliphatic rings. The lowest BCUT2D eigenvalue weighted by Crippen LogP contribution is -2.32. The molecule has 1 aromatic rings. The zero-order valence-corrected chi connectivity index (χ0v) is 7.79. The third-order valence-corrected chi connectivity index (χ3v) is 1.47. The van der Waals surface area contributed by atoms with Gasteiger partial charge in [-0.3, -0.25) is 14.6 Å². The molecule has 1 rings (SSSR count). The lowest BCUT2D eigenvalue weighted by atomic mass is 10.4. The van der Waals surface area contributed by atoms with Crippen molar-refractivity contribution in [2.45, 2.75) is 6.92 Å². The Kier molecular flexibility index (Phi) is 3.24. The van der Waals surface area contributed by atoms with Crippen LogP contribution in [-0.4, -0.2) is 27.6 Å². The number of carboxylic acids is 1. The van der Waals surface area contributed by atoms with E-state index in [0.29, 0.717) is 0 Å². The van der Waals surface area contributed by atoms with Crippen LogP contribution in [0.3, 0.4) is 0 Å². The second-order valence-corrected chi connectivity index (χ2v) is 2.68. The molecule has 0 aliphatic heterocycles. The SMILES string of the molecule is Cc1[nH]c(=O)[nH]c(=O)c1ONCC(=O)O. The Hall–Kier alpha value is -2.09. The van der Waals surface area contributed by atoms with E-state index in [0.717, 1.165) is 0 Å². The van der Waals surface area contributed by atoms with Gasteiger partial charge >= 0.3 is 11.7 Å². The molecule has 8 nitrogen and oxygen atoms in total. The number of aliphatic carboxylic acids is 1. The lowest BCUT2D eigenvalue weighted by molar-refractivity contribution is -0.137. The molecule has 15 heavy (non-hydrogen) atoms. The summed E-state index contributed by atoms with van der Waals surface area (Å²) in [6.07, 6.45) is 0. The summed E-state index contributed by atoms with van der Waals surface area (Å²) in [7, 11) is 0. The van der Waals surface area contributed by atoms with Crippen molar-refractivity contribution in [1.29, 1.82) is 0 Å². The maximum Gasteiger partial charge on any atom is 0.326 e. The van der Waals surface area contributed by atoms with E-state index < -0.39 is 23.8 Å². The third-order valence-electron chi connectivity index (χ3n) is 1.47. The summed E-state index contributed by atoms with van der Waals surface area (Å²) in [6.45, 7) is 0.992. The summed E-state index contributed by atoms with van der Waals surface area (Å²) in [6, 6.07) is 0. The van der Waals surface area contributed by atoms with Crippen molar-refractivity contribution >= 4 is 5.97 Å². The molecule has 0 spiro atoms. The number of aromatic amines is 2. The molecule has 0 unspecified atom stereocenters. The minimum atomic E-state index is -1.13. The van der Waals surface area contributed by atoms with Gasteiger partial charge in [0.2, 0.25) is 5.75 Å². The molecule has 8 heteroatoms. The van der Waals surface area contributed by atoms with Gasteiger partial charge in [-0.15, -0.1) is 5.48 Å². The van der Waals surface area contributed by atoms with Crippen molar-refractivity contribution in [3.8, 4) is 5.75 Å². The molecular formula is C7H9N3O5. The van der Waals surface area contributed by atoms with Crippen LogP contribution >= 0.6 is 0 Å². The average molecular weight is 215 g/mol. The monoisotopic (exact) mass is 215 g/mol. The highest BCUT2D eigenvalue weighted by molar-refractivity contribution is 5.68. The highest BCUT2D eigenvalue weighted by atomic mass is 16.6. The fourth-order valence-electron chi connectivity index (χ4n) is 0.881. The van der Waals surface area contributed by atoms with E-state index in [1.54, 1.807) is 0 Å².